The van der Waals surface area contributed by atoms with E-state index in [0.717, 1.165) is 24.7 Å². The fourth-order valence-electron chi connectivity index (χ4n) is 7.71. The topological polar surface area (TPSA) is 78.5 Å². The van der Waals surface area contributed by atoms with Gasteiger partial charge in [0, 0.05) is 29.6 Å². The maximum absolute atomic E-state index is 15.7. The zero-order valence-corrected chi connectivity index (χ0v) is 20.7. The van der Waals surface area contributed by atoms with Crippen LogP contribution in [0.3, 0.4) is 0 Å². The molecule has 3 saturated carbocycles. The monoisotopic (exact) mass is 481 g/mol. The number of amides is 3. The highest BCUT2D eigenvalue weighted by atomic mass is 19.1. The van der Waals surface area contributed by atoms with Crippen LogP contribution in [0.15, 0.2) is 12.1 Å². The van der Waals surface area contributed by atoms with Crippen molar-refractivity contribution in [2.75, 3.05) is 0 Å². The Morgan fingerprint density at radius 3 is 2.57 bits per heavy atom. The van der Waals surface area contributed by atoms with Crippen molar-refractivity contribution in [3.05, 3.63) is 34.6 Å². The number of imide groups is 1. The van der Waals surface area contributed by atoms with Crippen LogP contribution in [-0.2, 0) is 22.6 Å². The van der Waals surface area contributed by atoms with Gasteiger partial charge in [0.05, 0.1) is 6.54 Å². The van der Waals surface area contributed by atoms with E-state index in [1.54, 1.807) is 12.1 Å². The van der Waals surface area contributed by atoms with Crippen LogP contribution >= 0.6 is 0 Å². The molecule has 0 bridgehead atoms. The number of carbonyl (C=O) groups is 3. The molecule has 3 unspecified atom stereocenters. The first kappa shape index (κ1) is 23.1. The van der Waals surface area contributed by atoms with E-state index in [1.165, 1.54) is 30.6 Å². The van der Waals surface area contributed by atoms with Crippen LogP contribution in [0.25, 0.3) is 0 Å². The van der Waals surface area contributed by atoms with Gasteiger partial charge in [0.2, 0.25) is 11.8 Å². The molecule has 5 atom stereocenters. The Morgan fingerprint density at radius 2 is 1.83 bits per heavy atom. The molecule has 2 N–H and O–H groups in total. The van der Waals surface area contributed by atoms with Gasteiger partial charge in [0.25, 0.3) is 5.91 Å². The SMILES string of the molecule is CC1(C)C2CC(N[C@H]3CCCC[C@@H]3Cc3ccc4c(c3F)CN(C3CCC(=O)NC3=O)C4=O)CC21. The van der Waals surface area contributed by atoms with Crippen LogP contribution in [0.1, 0.15) is 86.7 Å². The van der Waals surface area contributed by atoms with Crippen LogP contribution in [-0.4, -0.2) is 40.7 Å². The summed E-state index contributed by atoms with van der Waals surface area (Å²) in [4.78, 5) is 38.2. The van der Waals surface area contributed by atoms with Gasteiger partial charge in [-0.05, 0) is 73.3 Å². The lowest BCUT2D eigenvalue weighted by Gasteiger charge is -2.35. The number of halogens is 1. The summed E-state index contributed by atoms with van der Waals surface area (Å²) in [6.45, 7) is 4.88. The third-order valence-electron chi connectivity index (χ3n) is 9.93. The molecule has 2 heterocycles. The lowest BCUT2D eigenvalue weighted by atomic mass is 9.79. The van der Waals surface area contributed by atoms with Crippen LogP contribution in [0.5, 0.6) is 0 Å². The van der Waals surface area contributed by atoms with Crippen LogP contribution in [0, 0.1) is 29.0 Å². The first-order chi connectivity index (χ1) is 16.7. The molecule has 7 heteroatoms. The van der Waals surface area contributed by atoms with Gasteiger partial charge in [-0.15, -0.1) is 0 Å². The Labute approximate surface area is 206 Å². The number of hydrogen-bond acceptors (Lipinski definition) is 4. The highest BCUT2D eigenvalue weighted by Gasteiger charge is 2.62. The molecule has 1 aromatic rings. The second-order valence-electron chi connectivity index (χ2n) is 12.2. The minimum absolute atomic E-state index is 0.0904. The van der Waals surface area contributed by atoms with E-state index in [2.05, 4.69) is 24.5 Å². The lowest BCUT2D eigenvalue weighted by molar-refractivity contribution is -0.136. The number of nitrogens with one attached hydrogen (secondary N) is 2. The van der Waals surface area contributed by atoms with Gasteiger partial charge in [0.1, 0.15) is 11.9 Å². The van der Waals surface area contributed by atoms with Crippen molar-refractivity contribution in [3.8, 4) is 0 Å². The summed E-state index contributed by atoms with van der Waals surface area (Å²) in [5.41, 5.74) is 1.95. The van der Waals surface area contributed by atoms with E-state index in [1.807, 2.05) is 0 Å². The molecule has 6 nitrogen and oxygen atoms in total. The molecule has 4 fully saturated rings. The quantitative estimate of drug-likeness (QED) is 0.629. The van der Waals surface area contributed by atoms with E-state index in [0.29, 0.717) is 46.5 Å². The second kappa shape index (κ2) is 8.39. The molecule has 1 aromatic carbocycles. The predicted molar refractivity (Wildman–Crippen MR) is 129 cm³/mol. The molecule has 1 saturated heterocycles. The molecule has 0 radical (unpaired) electrons. The largest absolute Gasteiger partial charge is 0.322 e. The number of carbonyl (C=O) groups excluding carboxylic acids is 3. The standard InChI is InChI=1S/C28H36FN3O3/c1-28(2)20-12-17(13-21(20)28)30-22-6-4-3-5-15(22)11-16-7-8-18-19(25(16)29)14-32(27(18)35)23-9-10-24(33)31-26(23)34/h7-8,15,17,20-23,30H,3-6,9-14H2,1-2H3,(H,31,33,34)/t15-,17?,20?,21?,22+,23?/m1/s1. The summed E-state index contributed by atoms with van der Waals surface area (Å²) in [6.07, 6.45) is 8.35. The third kappa shape index (κ3) is 3.90. The van der Waals surface area contributed by atoms with Crippen molar-refractivity contribution < 1.29 is 18.8 Å². The van der Waals surface area contributed by atoms with Gasteiger partial charge in [0.15, 0.2) is 0 Å². The van der Waals surface area contributed by atoms with Crippen molar-refractivity contribution in [2.45, 2.75) is 96.3 Å². The summed E-state index contributed by atoms with van der Waals surface area (Å²) >= 11 is 0. The Balaban J connectivity index is 1.15. The van der Waals surface area contributed by atoms with E-state index >= 15 is 4.39 Å². The van der Waals surface area contributed by atoms with E-state index in [9.17, 15) is 14.4 Å². The minimum Gasteiger partial charge on any atom is -0.322 e. The molecule has 5 aliphatic rings. The number of piperidine rings is 1. The Bertz CT molecular complexity index is 1070. The first-order valence-corrected chi connectivity index (χ1v) is 13.4. The molecule has 0 aromatic heterocycles. The van der Waals surface area contributed by atoms with Gasteiger partial charge >= 0.3 is 0 Å². The lowest BCUT2D eigenvalue weighted by Crippen LogP contribution is -2.52. The molecule has 188 valence electrons. The fraction of sp³-hybridized carbons (Fsp3) is 0.679. The molecular formula is C28H36FN3O3. The van der Waals surface area contributed by atoms with Crippen molar-refractivity contribution in [1.29, 1.82) is 0 Å². The molecular weight excluding hydrogens is 445 g/mol. The Kier molecular flexibility index (Phi) is 5.55. The maximum Gasteiger partial charge on any atom is 0.255 e. The zero-order valence-electron chi connectivity index (χ0n) is 20.7. The van der Waals surface area contributed by atoms with Gasteiger partial charge in [-0.2, -0.15) is 0 Å². The first-order valence-electron chi connectivity index (χ1n) is 13.4. The number of fused-ring (bicyclic) bond motifs is 2. The highest BCUT2D eigenvalue weighted by Crippen LogP contribution is 2.66. The van der Waals surface area contributed by atoms with Crippen molar-refractivity contribution in [1.82, 2.24) is 15.5 Å². The Hall–Kier alpha value is -2.28. The number of nitrogens with zero attached hydrogens (tertiary/aromatic N) is 1. The zero-order chi connectivity index (χ0) is 24.5. The molecule has 0 spiro atoms. The summed E-state index contributed by atoms with van der Waals surface area (Å²) in [7, 11) is 0. The van der Waals surface area contributed by atoms with Gasteiger partial charge in [-0.3, -0.25) is 19.7 Å². The van der Waals surface area contributed by atoms with Gasteiger partial charge in [-0.25, -0.2) is 4.39 Å². The van der Waals surface area contributed by atoms with Gasteiger partial charge < -0.3 is 10.2 Å². The van der Waals surface area contributed by atoms with Crippen LogP contribution < -0.4 is 10.6 Å². The average molecular weight is 482 g/mol. The smallest absolute Gasteiger partial charge is 0.255 e. The van der Waals surface area contributed by atoms with E-state index in [4.69, 9.17) is 0 Å². The summed E-state index contributed by atoms with van der Waals surface area (Å²) in [5.74, 6) is 0.718. The highest BCUT2D eigenvalue weighted by molar-refractivity contribution is 6.05. The fourth-order valence-corrected chi connectivity index (χ4v) is 7.71. The summed E-state index contributed by atoms with van der Waals surface area (Å²) in [6, 6.07) is 3.81. The summed E-state index contributed by atoms with van der Waals surface area (Å²) < 4.78 is 15.7. The van der Waals surface area contributed by atoms with E-state index < -0.39 is 11.9 Å². The number of rotatable bonds is 5. The van der Waals surface area contributed by atoms with Crippen LogP contribution in [0.4, 0.5) is 4.39 Å². The van der Waals surface area contributed by atoms with Gasteiger partial charge in [-0.1, -0.05) is 32.8 Å². The second-order valence-corrected chi connectivity index (χ2v) is 12.2. The molecule has 6 rings (SSSR count). The van der Waals surface area contributed by atoms with Crippen molar-refractivity contribution in [2.24, 2.45) is 23.2 Å². The molecule has 3 amide bonds. The number of hydrogen-bond donors (Lipinski definition) is 2. The normalized spacial score (nSPS) is 35.6. The predicted octanol–water partition coefficient (Wildman–Crippen LogP) is 3.71. The third-order valence-corrected chi connectivity index (χ3v) is 9.93. The minimum atomic E-state index is -0.718. The van der Waals surface area contributed by atoms with E-state index in [-0.39, 0.29) is 37.0 Å². The Morgan fingerprint density at radius 1 is 1.09 bits per heavy atom. The van der Waals surface area contributed by atoms with Crippen LogP contribution in [0.2, 0.25) is 0 Å². The van der Waals surface area contributed by atoms with Crippen molar-refractivity contribution >= 4 is 17.7 Å². The molecule has 3 aliphatic carbocycles. The number of benzene rings is 1. The maximum atomic E-state index is 15.7. The molecule has 2 aliphatic heterocycles. The summed E-state index contributed by atoms with van der Waals surface area (Å²) in [5, 5.41) is 6.27. The molecule has 35 heavy (non-hydrogen) atoms. The average Bonchev–Trinajstić information content (AvgIpc) is 3.16. The van der Waals surface area contributed by atoms with Crippen molar-refractivity contribution in [3.63, 3.8) is 0 Å².